The second kappa shape index (κ2) is 12.0. The Balaban J connectivity index is 0.00000148. The molecule has 0 saturated carbocycles. The van der Waals surface area contributed by atoms with Crippen molar-refractivity contribution in [3.63, 3.8) is 0 Å². The van der Waals surface area contributed by atoms with Crippen LogP contribution in [0.15, 0.2) is 72.0 Å². The molecule has 2 aromatic rings. The fourth-order valence-corrected chi connectivity index (χ4v) is 6.00. The molecule has 0 bridgehead atoms. The number of piperidine rings is 1. The van der Waals surface area contributed by atoms with E-state index in [0.717, 1.165) is 56.2 Å². The molecule has 0 aromatic heterocycles. The lowest BCUT2D eigenvalue weighted by Crippen LogP contribution is -2.33. The van der Waals surface area contributed by atoms with Crippen molar-refractivity contribution in [2.45, 2.75) is 66.2 Å². The topological polar surface area (TPSA) is 24.5 Å². The first-order chi connectivity index (χ1) is 17.6. The van der Waals surface area contributed by atoms with Gasteiger partial charge in [0.15, 0.2) is 0 Å². The number of ether oxygens (including phenoxy) is 1. The minimum atomic E-state index is 0.443. The highest BCUT2D eigenvalue weighted by atomic mass is 16.5. The van der Waals surface area contributed by atoms with Crippen LogP contribution in [0.3, 0.4) is 0 Å². The SMILES string of the molecule is C=C(c1cccc(-c2ccc3c(c2)OC2=C(C)CCC=C2C3C2CCNCC2)c1)N(CC)CC.CC. The van der Waals surface area contributed by atoms with E-state index in [2.05, 4.69) is 86.1 Å². The molecule has 1 atom stereocenters. The highest BCUT2D eigenvalue weighted by Crippen LogP contribution is 2.51. The van der Waals surface area contributed by atoms with Crippen LogP contribution in [0.5, 0.6) is 5.75 Å². The maximum Gasteiger partial charge on any atom is 0.131 e. The summed E-state index contributed by atoms with van der Waals surface area (Å²) in [5.41, 5.74) is 8.89. The Hall–Kier alpha value is -2.78. The van der Waals surface area contributed by atoms with Crippen molar-refractivity contribution >= 4 is 5.70 Å². The van der Waals surface area contributed by atoms with Crippen LogP contribution in [0.4, 0.5) is 0 Å². The zero-order valence-corrected chi connectivity index (χ0v) is 23.0. The Morgan fingerprint density at radius 3 is 2.47 bits per heavy atom. The molecular formula is C33H44N2O. The molecule has 1 fully saturated rings. The average Bonchev–Trinajstić information content (AvgIpc) is 2.94. The molecule has 192 valence electrons. The van der Waals surface area contributed by atoms with Crippen LogP contribution in [0.25, 0.3) is 16.8 Å². The molecule has 1 aliphatic carbocycles. The molecule has 2 heterocycles. The van der Waals surface area contributed by atoms with Gasteiger partial charge in [-0.2, -0.15) is 0 Å². The van der Waals surface area contributed by atoms with Gasteiger partial charge < -0.3 is 15.0 Å². The van der Waals surface area contributed by atoms with Gasteiger partial charge in [0.2, 0.25) is 0 Å². The summed E-state index contributed by atoms with van der Waals surface area (Å²) >= 11 is 0. The van der Waals surface area contributed by atoms with Gasteiger partial charge in [0.25, 0.3) is 0 Å². The number of rotatable bonds is 6. The van der Waals surface area contributed by atoms with E-state index >= 15 is 0 Å². The predicted molar refractivity (Wildman–Crippen MR) is 154 cm³/mol. The van der Waals surface area contributed by atoms with Gasteiger partial charge in [-0.25, -0.2) is 0 Å². The molecule has 1 N–H and O–H groups in total. The monoisotopic (exact) mass is 484 g/mol. The van der Waals surface area contributed by atoms with E-state index in [4.69, 9.17) is 4.74 Å². The molecule has 0 spiro atoms. The maximum absolute atomic E-state index is 6.65. The third-order valence-electron chi connectivity index (χ3n) is 7.96. The quantitative estimate of drug-likeness (QED) is 0.447. The lowest BCUT2D eigenvalue weighted by molar-refractivity contribution is 0.302. The van der Waals surface area contributed by atoms with E-state index in [-0.39, 0.29) is 0 Å². The number of hydrogen-bond donors (Lipinski definition) is 1. The largest absolute Gasteiger partial charge is 0.457 e. The van der Waals surface area contributed by atoms with E-state index in [0.29, 0.717) is 11.8 Å². The Kier molecular flexibility index (Phi) is 8.74. The first-order valence-corrected chi connectivity index (χ1v) is 14.1. The number of hydrogen-bond acceptors (Lipinski definition) is 3. The number of fused-ring (bicyclic) bond motifs is 2. The highest BCUT2D eigenvalue weighted by Gasteiger charge is 2.37. The molecule has 0 radical (unpaired) electrons. The van der Waals surface area contributed by atoms with Gasteiger partial charge in [-0.3, -0.25) is 0 Å². The van der Waals surface area contributed by atoms with Crippen LogP contribution in [0.1, 0.15) is 77.3 Å². The Bertz CT molecular complexity index is 1130. The summed E-state index contributed by atoms with van der Waals surface area (Å²) in [7, 11) is 0. The molecule has 1 unspecified atom stereocenters. The summed E-state index contributed by atoms with van der Waals surface area (Å²) < 4.78 is 6.65. The fraction of sp³-hybridized carbons (Fsp3) is 0.455. The number of nitrogens with zero attached hydrogens (tertiary/aromatic N) is 1. The molecule has 3 aliphatic rings. The lowest BCUT2D eigenvalue weighted by atomic mass is 9.72. The predicted octanol–water partition coefficient (Wildman–Crippen LogP) is 8.16. The Labute approximate surface area is 218 Å². The first kappa shape index (κ1) is 26.3. The molecule has 1 saturated heterocycles. The molecular weight excluding hydrogens is 440 g/mol. The molecule has 3 nitrogen and oxygen atoms in total. The molecule has 2 aromatic carbocycles. The summed E-state index contributed by atoms with van der Waals surface area (Å²) in [6, 6.07) is 15.7. The summed E-state index contributed by atoms with van der Waals surface area (Å²) in [6.07, 6.45) is 7.14. The van der Waals surface area contributed by atoms with Crippen molar-refractivity contribution in [2.24, 2.45) is 5.92 Å². The summed E-state index contributed by atoms with van der Waals surface area (Å²) in [4.78, 5) is 2.31. The van der Waals surface area contributed by atoms with E-state index in [9.17, 15) is 0 Å². The van der Waals surface area contributed by atoms with Gasteiger partial charge in [0.05, 0.1) is 0 Å². The van der Waals surface area contributed by atoms with Gasteiger partial charge in [0.1, 0.15) is 11.5 Å². The zero-order valence-electron chi connectivity index (χ0n) is 23.0. The highest BCUT2D eigenvalue weighted by molar-refractivity contribution is 5.73. The Morgan fingerprint density at radius 2 is 1.75 bits per heavy atom. The van der Waals surface area contributed by atoms with Gasteiger partial charge in [-0.05, 0) is 105 Å². The van der Waals surface area contributed by atoms with Crippen molar-refractivity contribution in [1.29, 1.82) is 0 Å². The van der Waals surface area contributed by atoms with Gasteiger partial charge in [0, 0.05) is 30.3 Å². The summed E-state index contributed by atoms with van der Waals surface area (Å²) in [5, 5.41) is 3.55. The molecule has 2 aliphatic heterocycles. The smallest absolute Gasteiger partial charge is 0.131 e. The van der Waals surface area contributed by atoms with Crippen molar-refractivity contribution in [3.05, 3.63) is 83.2 Å². The third kappa shape index (κ3) is 5.18. The lowest BCUT2D eigenvalue weighted by Gasteiger charge is -2.39. The Morgan fingerprint density at radius 1 is 1.03 bits per heavy atom. The van der Waals surface area contributed by atoms with Crippen LogP contribution < -0.4 is 10.1 Å². The van der Waals surface area contributed by atoms with Gasteiger partial charge >= 0.3 is 0 Å². The minimum Gasteiger partial charge on any atom is -0.457 e. The maximum atomic E-state index is 6.65. The normalized spacial score (nSPS) is 19.2. The van der Waals surface area contributed by atoms with Gasteiger partial charge in [-0.1, -0.05) is 56.8 Å². The molecule has 5 rings (SSSR count). The van der Waals surface area contributed by atoms with E-state index in [1.165, 1.54) is 46.2 Å². The fourth-order valence-electron chi connectivity index (χ4n) is 6.00. The van der Waals surface area contributed by atoms with Crippen LogP contribution in [0, 0.1) is 5.92 Å². The second-order valence-electron chi connectivity index (χ2n) is 9.93. The summed E-state index contributed by atoms with van der Waals surface area (Å²) in [6.45, 7) is 19.2. The van der Waals surface area contributed by atoms with Crippen LogP contribution in [0.2, 0.25) is 0 Å². The van der Waals surface area contributed by atoms with E-state index < -0.39 is 0 Å². The third-order valence-corrected chi connectivity index (χ3v) is 7.96. The van der Waals surface area contributed by atoms with Crippen LogP contribution in [-0.4, -0.2) is 31.1 Å². The van der Waals surface area contributed by atoms with Crippen molar-refractivity contribution in [2.75, 3.05) is 26.2 Å². The van der Waals surface area contributed by atoms with Crippen molar-refractivity contribution in [1.82, 2.24) is 10.2 Å². The van der Waals surface area contributed by atoms with Gasteiger partial charge in [-0.15, -0.1) is 0 Å². The molecule has 3 heteroatoms. The summed E-state index contributed by atoms with van der Waals surface area (Å²) in [5.74, 6) is 3.30. The number of benzene rings is 2. The standard InChI is InChI=1S/C31H38N2O.C2H6/c1-5-33(6-2)22(4)24-10-8-11-25(19-24)26-13-14-27-29(20-26)34-31-21(3)9-7-12-28(31)30(27)23-15-17-32-18-16-23;1-2/h8,10-14,19-20,23,30,32H,4-7,9,15-18H2,1-3H3;1-2H3. The van der Waals surface area contributed by atoms with Crippen molar-refractivity contribution < 1.29 is 4.74 Å². The average molecular weight is 485 g/mol. The second-order valence-corrected chi connectivity index (χ2v) is 9.93. The minimum absolute atomic E-state index is 0.443. The van der Waals surface area contributed by atoms with E-state index in [1.807, 2.05) is 13.8 Å². The van der Waals surface area contributed by atoms with E-state index in [1.54, 1.807) is 0 Å². The molecule has 0 amide bonds. The zero-order chi connectivity index (χ0) is 25.7. The van der Waals surface area contributed by atoms with Crippen molar-refractivity contribution in [3.8, 4) is 16.9 Å². The van der Waals surface area contributed by atoms with Crippen LogP contribution >= 0.6 is 0 Å². The number of nitrogens with one attached hydrogen (secondary N) is 1. The molecule has 36 heavy (non-hydrogen) atoms. The number of allylic oxidation sites excluding steroid dienone is 3. The van der Waals surface area contributed by atoms with Crippen LogP contribution in [-0.2, 0) is 0 Å². The first-order valence-electron chi connectivity index (χ1n) is 14.1.